The molecule has 142 valence electrons. The summed E-state index contributed by atoms with van der Waals surface area (Å²) in [6.45, 7) is 3.22. The zero-order valence-electron chi connectivity index (χ0n) is 15.5. The molecule has 2 aromatic heterocycles. The molecule has 0 unspecified atom stereocenters. The highest BCUT2D eigenvalue weighted by atomic mass is 35.5. The van der Waals surface area contributed by atoms with Gasteiger partial charge in [0.15, 0.2) is 0 Å². The van der Waals surface area contributed by atoms with Crippen LogP contribution in [-0.2, 0) is 17.9 Å². The van der Waals surface area contributed by atoms with Gasteiger partial charge in [0.2, 0.25) is 5.91 Å². The third kappa shape index (κ3) is 4.23. The number of nitrogens with zero attached hydrogens (tertiary/aromatic N) is 4. The van der Waals surface area contributed by atoms with E-state index < -0.39 is 0 Å². The van der Waals surface area contributed by atoms with Gasteiger partial charge in [0.05, 0.1) is 36.7 Å². The predicted octanol–water partition coefficient (Wildman–Crippen LogP) is 4.27. The van der Waals surface area contributed by atoms with Crippen molar-refractivity contribution in [2.45, 2.75) is 26.4 Å². The van der Waals surface area contributed by atoms with Crippen LogP contribution >= 0.6 is 11.6 Å². The van der Waals surface area contributed by atoms with Gasteiger partial charge in [-0.2, -0.15) is 10.2 Å². The highest BCUT2D eigenvalue weighted by Gasteiger charge is 2.08. The summed E-state index contributed by atoms with van der Waals surface area (Å²) in [5.74, 6) is -0.0764. The van der Waals surface area contributed by atoms with Gasteiger partial charge in [-0.25, -0.2) is 0 Å². The quantitative estimate of drug-likeness (QED) is 0.532. The summed E-state index contributed by atoms with van der Waals surface area (Å²) >= 11 is 6.00. The number of carbonyl (C=O) groups excluding carboxylic acids is 1. The van der Waals surface area contributed by atoms with Gasteiger partial charge in [-0.3, -0.25) is 14.2 Å². The van der Waals surface area contributed by atoms with Crippen LogP contribution in [0.2, 0.25) is 5.02 Å². The van der Waals surface area contributed by atoms with Crippen LogP contribution in [0.3, 0.4) is 0 Å². The van der Waals surface area contributed by atoms with Gasteiger partial charge in [-0.1, -0.05) is 41.4 Å². The fraction of sp³-hybridized carbons (Fsp3) is 0.190. The van der Waals surface area contributed by atoms with Crippen molar-refractivity contribution in [1.29, 1.82) is 0 Å². The van der Waals surface area contributed by atoms with Crippen LogP contribution in [0.1, 0.15) is 17.5 Å². The van der Waals surface area contributed by atoms with Gasteiger partial charge >= 0.3 is 0 Å². The maximum atomic E-state index is 12.3. The Bertz CT molecular complexity index is 1110. The van der Waals surface area contributed by atoms with Crippen LogP contribution in [0.5, 0.6) is 0 Å². The molecule has 28 heavy (non-hydrogen) atoms. The summed E-state index contributed by atoms with van der Waals surface area (Å²) in [6, 6.07) is 13.9. The van der Waals surface area contributed by atoms with E-state index in [9.17, 15) is 4.79 Å². The Balaban J connectivity index is 1.33. The van der Waals surface area contributed by atoms with Crippen LogP contribution in [-0.4, -0.2) is 25.5 Å². The van der Waals surface area contributed by atoms with Crippen LogP contribution in [0, 0.1) is 6.92 Å². The first kappa shape index (κ1) is 18.3. The second-order valence-corrected chi connectivity index (χ2v) is 7.22. The minimum Gasteiger partial charge on any atom is -0.323 e. The summed E-state index contributed by atoms with van der Waals surface area (Å²) in [4.78, 5) is 12.3. The van der Waals surface area contributed by atoms with E-state index in [-0.39, 0.29) is 5.91 Å². The predicted molar refractivity (Wildman–Crippen MR) is 110 cm³/mol. The average Bonchev–Trinajstić information content (AvgIpc) is 3.28. The number of amides is 1. The van der Waals surface area contributed by atoms with Gasteiger partial charge in [-0.15, -0.1) is 0 Å². The molecule has 7 heteroatoms. The summed E-state index contributed by atoms with van der Waals surface area (Å²) in [6.07, 6.45) is 5.58. The molecule has 0 aliphatic carbocycles. The van der Waals surface area contributed by atoms with E-state index in [1.54, 1.807) is 12.4 Å². The summed E-state index contributed by atoms with van der Waals surface area (Å²) in [5.41, 5.74) is 4.04. The van der Waals surface area contributed by atoms with Crippen molar-refractivity contribution in [2.24, 2.45) is 0 Å². The number of hydrogen-bond acceptors (Lipinski definition) is 3. The van der Waals surface area contributed by atoms with Gasteiger partial charge in [-0.05, 0) is 30.7 Å². The molecule has 2 heterocycles. The molecule has 2 aromatic carbocycles. The second-order valence-electron chi connectivity index (χ2n) is 6.78. The highest BCUT2D eigenvalue weighted by Crippen LogP contribution is 2.19. The Kier molecular flexibility index (Phi) is 5.12. The summed E-state index contributed by atoms with van der Waals surface area (Å²) < 4.78 is 3.62. The molecule has 0 saturated heterocycles. The Morgan fingerprint density at radius 2 is 1.93 bits per heavy atom. The second kappa shape index (κ2) is 7.86. The van der Waals surface area contributed by atoms with Crippen molar-refractivity contribution < 1.29 is 4.79 Å². The topological polar surface area (TPSA) is 64.7 Å². The third-order valence-corrected chi connectivity index (χ3v) is 4.77. The van der Waals surface area contributed by atoms with Crippen LogP contribution in [0.4, 0.5) is 5.69 Å². The molecule has 0 saturated carbocycles. The smallest absolute Gasteiger partial charge is 0.226 e. The number of fused-ring (bicyclic) bond motifs is 1. The number of rotatable bonds is 6. The average molecular weight is 394 g/mol. The molecule has 0 spiro atoms. The normalized spacial score (nSPS) is 11.1. The van der Waals surface area contributed by atoms with Crippen LogP contribution in [0.15, 0.2) is 61.1 Å². The van der Waals surface area contributed by atoms with Gasteiger partial charge < -0.3 is 5.32 Å². The Labute approximate surface area is 167 Å². The first-order valence-electron chi connectivity index (χ1n) is 9.06. The first-order chi connectivity index (χ1) is 13.6. The van der Waals surface area contributed by atoms with Crippen LogP contribution in [0.25, 0.3) is 10.9 Å². The lowest BCUT2D eigenvalue weighted by molar-refractivity contribution is -0.116. The molecule has 4 rings (SSSR count). The molecule has 0 aliphatic heterocycles. The van der Waals surface area contributed by atoms with Gasteiger partial charge in [0.1, 0.15) is 0 Å². The number of aromatic nitrogens is 4. The first-order valence-corrected chi connectivity index (χ1v) is 9.43. The molecule has 4 aromatic rings. The molecule has 0 fully saturated rings. The van der Waals surface area contributed by atoms with Crippen molar-refractivity contribution in [3.8, 4) is 0 Å². The molecular formula is C21H20ClN5O. The lowest BCUT2D eigenvalue weighted by atomic mass is 10.1. The van der Waals surface area contributed by atoms with E-state index in [4.69, 9.17) is 11.6 Å². The Morgan fingerprint density at radius 3 is 2.75 bits per heavy atom. The lowest BCUT2D eigenvalue weighted by Gasteiger charge is -2.05. The van der Waals surface area contributed by atoms with E-state index in [0.717, 1.165) is 16.5 Å². The summed E-state index contributed by atoms with van der Waals surface area (Å²) in [7, 11) is 0. The molecule has 0 atom stereocenters. The fourth-order valence-corrected chi connectivity index (χ4v) is 3.24. The van der Waals surface area contributed by atoms with Crippen LogP contribution < -0.4 is 5.32 Å². The largest absolute Gasteiger partial charge is 0.323 e. The molecule has 6 nitrogen and oxygen atoms in total. The number of anilines is 1. The number of carbonyl (C=O) groups is 1. The molecular weight excluding hydrogens is 374 g/mol. The molecule has 0 aliphatic rings. The highest BCUT2D eigenvalue weighted by molar-refractivity contribution is 6.31. The zero-order chi connectivity index (χ0) is 19.5. The maximum absolute atomic E-state index is 12.3. The fourth-order valence-electron chi connectivity index (χ4n) is 3.06. The van der Waals surface area contributed by atoms with Gasteiger partial charge in [0, 0.05) is 23.0 Å². The standard InChI is InChI=1S/C21H20ClN5O/c1-15-2-4-16(5-3-15)13-26-14-19(12-23-26)25-21(28)8-9-27-20-7-6-18(22)10-17(20)11-24-27/h2-7,10-12,14H,8-9,13H2,1H3,(H,25,28). The van der Waals surface area contributed by atoms with Crippen molar-refractivity contribution >= 4 is 34.1 Å². The van der Waals surface area contributed by atoms with Crippen molar-refractivity contribution in [3.63, 3.8) is 0 Å². The van der Waals surface area contributed by atoms with Crippen molar-refractivity contribution in [3.05, 3.63) is 77.2 Å². The monoisotopic (exact) mass is 393 g/mol. The number of halogens is 1. The number of benzene rings is 2. The van der Waals surface area contributed by atoms with Gasteiger partial charge in [0.25, 0.3) is 0 Å². The van der Waals surface area contributed by atoms with E-state index in [2.05, 4.69) is 46.7 Å². The number of aryl methyl sites for hydroxylation is 2. The molecule has 0 radical (unpaired) electrons. The number of nitrogens with one attached hydrogen (secondary N) is 1. The van der Waals surface area contributed by atoms with E-state index >= 15 is 0 Å². The van der Waals surface area contributed by atoms with E-state index in [0.29, 0.717) is 30.2 Å². The Hall–Kier alpha value is -3.12. The third-order valence-electron chi connectivity index (χ3n) is 4.54. The lowest BCUT2D eigenvalue weighted by Crippen LogP contribution is -2.14. The SMILES string of the molecule is Cc1ccc(Cn2cc(NC(=O)CCn3ncc4cc(Cl)ccc43)cn2)cc1. The number of hydrogen-bond donors (Lipinski definition) is 1. The van der Waals surface area contributed by atoms with Crippen molar-refractivity contribution in [1.82, 2.24) is 19.6 Å². The Morgan fingerprint density at radius 1 is 1.11 bits per heavy atom. The van der Waals surface area contributed by atoms with Crippen molar-refractivity contribution in [2.75, 3.05) is 5.32 Å². The minimum absolute atomic E-state index is 0.0764. The minimum atomic E-state index is -0.0764. The zero-order valence-corrected chi connectivity index (χ0v) is 16.2. The summed E-state index contributed by atoms with van der Waals surface area (Å²) in [5, 5.41) is 13.2. The molecule has 1 N–H and O–H groups in total. The van der Waals surface area contributed by atoms with E-state index in [1.807, 2.05) is 33.8 Å². The van der Waals surface area contributed by atoms with E-state index in [1.165, 1.54) is 5.56 Å². The maximum Gasteiger partial charge on any atom is 0.226 e. The molecule has 1 amide bonds. The molecule has 0 bridgehead atoms.